The van der Waals surface area contributed by atoms with Crippen molar-refractivity contribution >= 4 is 46.6 Å². The Morgan fingerprint density at radius 1 is 1.17 bits per heavy atom. The number of para-hydroxylation sites is 1. The monoisotopic (exact) mass is 528 g/mol. The molecule has 0 bridgehead atoms. The van der Waals surface area contributed by atoms with E-state index in [2.05, 4.69) is 5.32 Å². The zero-order chi connectivity index (χ0) is 25.7. The Morgan fingerprint density at radius 2 is 1.94 bits per heavy atom. The van der Waals surface area contributed by atoms with Gasteiger partial charge in [-0.15, -0.1) is 11.8 Å². The highest BCUT2D eigenvalue weighted by Gasteiger charge is 2.50. The van der Waals surface area contributed by atoms with Crippen LogP contribution in [-0.4, -0.2) is 57.3 Å². The number of aliphatic hydroxyl groups is 1. The molecule has 36 heavy (non-hydrogen) atoms. The number of carboxylic acid groups (broad SMARTS) is 1. The lowest BCUT2D eigenvalue weighted by atomic mass is 9.91. The first-order valence-corrected chi connectivity index (χ1v) is 13.0. The molecule has 3 atom stereocenters. The molecule has 0 radical (unpaired) electrons. The maximum absolute atomic E-state index is 13.1. The number of amides is 2. The molecule has 1 aliphatic rings. The topological polar surface area (TPSA) is 136 Å². The van der Waals surface area contributed by atoms with Crippen LogP contribution in [0.2, 0.25) is 0 Å². The minimum Gasteiger partial charge on any atom is -0.507 e. The number of nitrogens with one attached hydrogen (secondary N) is 1. The van der Waals surface area contributed by atoms with Gasteiger partial charge in [0.05, 0.1) is 12.1 Å². The normalized spacial score (nSPS) is 17.8. The summed E-state index contributed by atoms with van der Waals surface area (Å²) in [5, 5.41) is 35.4. The summed E-state index contributed by atoms with van der Waals surface area (Å²) in [4.78, 5) is 37.0. The number of aliphatic hydroxyl groups excluding tert-OH is 1. The molecule has 1 saturated heterocycles. The molecule has 4 rings (SSSR count). The fourth-order valence-corrected chi connectivity index (χ4v) is 5.79. The number of hydrogen-bond donors (Lipinski definition) is 4. The van der Waals surface area contributed by atoms with Crippen molar-refractivity contribution in [2.75, 3.05) is 23.8 Å². The van der Waals surface area contributed by atoms with Gasteiger partial charge in [0.2, 0.25) is 5.91 Å². The fraction of sp³-hybridized carbons (Fsp3) is 0.240. The number of thioether (sulfide) groups is 1. The average Bonchev–Trinajstić information content (AvgIpc) is 3.41. The summed E-state index contributed by atoms with van der Waals surface area (Å²) in [7, 11) is 0. The second-order valence-electron chi connectivity index (χ2n) is 7.99. The van der Waals surface area contributed by atoms with Crippen LogP contribution in [0.1, 0.15) is 23.3 Å². The second-order valence-corrected chi connectivity index (χ2v) is 9.95. The molecule has 1 aromatic heterocycles. The van der Waals surface area contributed by atoms with Gasteiger partial charge in [-0.25, -0.2) is 0 Å². The van der Waals surface area contributed by atoms with Crippen molar-refractivity contribution in [2.45, 2.75) is 17.4 Å². The fourth-order valence-electron chi connectivity index (χ4n) is 3.80. The number of nitrogens with zero attached hydrogens (tertiary/aromatic N) is 1. The van der Waals surface area contributed by atoms with E-state index in [1.165, 1.54) is 29.2 Å². The third-order valence-electron chi connectivity index (χ3n) is 5.57. The lowest BCUT2D eigenvalue weighted by molar-refractivity contribution is -0.138. The van der Waals surface area contributed by atoms with Gasteiger partial charge in [0.25, 0.3) is 5.91 Å². The number of rotatable bonds is 11. The van der Waals surface area contributed by atoms with Crippen LogP contribution < -0.4 is 15.0 Å². The number of phenols is 1. The molecule has 0 spiro atoms. The van der Waals surface area contributed by atoms with Crippen molar-refractivity contribution in [2.24, 2.45) is 0 Å². The van der Waals surface area contributed by atoms with Gasteiger partial charge in [-0.3, -0.25) is 14.4 Å². The molecule has 2 heterocycles. The van der Waals surface area contributed by atoms with Gasteiger partial charge in [-0.05, 0) is 46.7 Å². The molecule has 0 aliphatic carbocycles. The standard InChI is InChI=1S/C25H24N2O7S2/c28-19-10-17(34-12-21(30)26-11-22(31)32)6-7-18(19)23-24(36-14-20(29)15-8-9-35-13-15)25(33)27(23)16-4-2-1-3-5-16/h1-10,13,20,23-24,28-29H,11-12,14H2,(H,26,30)(H,31,32)/t20-,23+,24+/m0/s1. The maximum atomic E-state index is 13.1. The SMILES string of the molecule is O=C(O)CNC(=O)COc1ccc([C@@H]2[C@@H](SC[C@H](O)c3ccsc3)C(=O)N2c2ccccc2)c(O)c1. The Bertz CT molecular complexity index is 1220. The molecule has 2 aromatic carbocycles. The van der Waals surface area contributed by atoms with Gasteiger partial charge in [0, 0.05) is 23.1 Å². The van der Waals surface area contributed by atoms with Gasteiger partial charge in [0.1, 0.15) is 23.3 Å². The van der Waals surface area contributed by atoms with Crippen molar-refractivity contribution in [3.05, 3.63) is 76.5 Å². The van der Waals surface area contributed by atoms with E-state index < -0.39 is 42.4 Å². The van der Waals surface area contributed by atoms with Crippen LogP contribution in [-0.2, 0) is 14.4 Å². The first-order valence-electron chi connectivity index (χ1n) is 11.0. The molecule has 4 N–H and O–H groups in total. The highest BCUT2D eigenvalue weighted by atomic mass is 32.2. The number of aliphatic carboxylic acids is 1. The quantitative estimate of drug-likeness (QED) is 0.279. The van der Waals surface area contributed by atoms with Crippen molar-refractivity contribution in [3.8, 4) is 11.5 Å². The Hall–Kier alpha value is -3.54. The highest BCUT2D eigenvalue weighted by molar-refractivity contribution is 8.00. The van der Waals surface area contributed by atoms with E-state index in [4.69, 9.17) is 9.84 Å². The summed E-state index contributed by atoms with van der Waals surface area (Å²) in [6.07, 6.45) is -0.711. The molecule has 1 fully saturated rings. The Labute approximate surface area is 215 Å². The zero-order valence-electron chi connectivity index (χ0n) is 18.9. The average molecular weight is 529 g/mol. The van der Waals surface area contributed by atoms with Gasteiger partial charge in [-0.1, -0.05) is 18.2 Å². The van der Waals surface area contributed by atoms with E-state index in [0.717, 1.165) is 5.56 Å². The number of β-lactam (4-membered cyclic amide) rings is 1. The van der Waals surface area contributed by atoms with E-state index >= 15 is 0 Å². The van der Waals surface area contributed by atoms with Crippen LogP contribution in [0.3, 0.4) is 0 Å². The highest BCUT2D eigenvalue weighted by Crippen LogP contribution is 2.48. The molecular weight excluding hydrogens is 504 g/mol. The van der Waals surface area contributed by atoms with Gasteiger partial charge in [-0.2, -0.15) is 11.3 Å². The molecule has 9 nitrogen and oxygen atoms in total. The molecule has 188 valence electrons. The first-order chi connectivity index (χ1) is 17.3. The summed E-state index contributed by atoms with van der Waals surface area (Å²) in [6, 6.07) is 15.1. The van der Waals surface area contributed by atoms with Gasteiger partial charge >= 0.3 is 5.97 Å². The van der Waals surface area contributed by atoms with E-state index in [-0.39, 0.29) is 17.4 Å². The minimum absolute atomic E-state index is 0.110. The van der Waals surface area contributed by atoms with Gasteiger partial charge in [0.15, 0.2) is 6.61 Å². The third-order valence-corrected chi connectivity index (χ3v) is 7.60. The first kappa shape index (κ1) is 25.5. The Kier molecular flexibility index (Phi) is 8.14. The molecule has 1 aliphatic heterocycles. The summed E-state index contributed by atoms with van der Waals surface area (Å²) in [5.74, 6) is -1.47. The van der Waals surface area contributed by atoms with Crippen LogP contribution in [0.5, 0.6) is 11.5 Å². The third kappa shape index (κ3) is 5.81. The number of carbonyl (C=O) groups excluding carboxylic acids is 2. The summed E-state index contributed by atoms with van der Waals surface area (Å²) in [6.45, 7) is -0.930. The van der Waals surface area contributed by atoms with Crippen molar-refractivity contribution in [3.63, 3.8) is 0 Å². The molecule has 0 unspecified atom stereocenters. The van der Waals surface area contributed by atoms with Crippen LogP contribution in [0.25, 0.3) is 0 Å². The number of thiophene rings is 1. The van der Waals surface area contributed by atoms with Gasteiger partial charge < -0.3 is 30.3 Å². The summed E-state index contributed by atoms with van der Waals surface area (Å²) >= 11 is 2.82. The molecular formula is C25H24N2O7S2. The number of carboxylic acids is 1. The number of hydrogen-bond acceptors (Lipinski definition) is 8. The predicted octanol–water partition coefficient (Wildman–Crippen LogP) is 2.96. The molecule has 11 heteroatoms. The number of phenolic OH excluding ortho intramolecular Hbond substituents is 1. The van der Waals surface area contributed by atoms with E-state index in [0.29, 0.717) is 17.0 Å². The summed E-state index contributed by atoms with van der Waals surface area (Å²) < 4.78 is 5.36. The summed E-state index contributed by atoms with van der Waals surface area (Å²) in [5.41, 5.74) is 1.99. The molecule has 2 amide bonds. The second kappa shape index (κ2) is 11.5. The van der Waals surface area contributed by atoms with Crippen LogP contribution in [0.4, 0.5) is 5.69 Å². The smallest absolute Gasteiger partial charge is 0.322 e. The number of anilines is 1. The van der Waals surface area contributed by atoms with Crippen LogP contribution >= 0.6 is 23.1 Å². The van der Waals surface area contributed by atoms with E-state index in [1.807, 2.05) is 47.2 Å². The molecule has 3 aromatic rings. The number of ether oxygens (including phenoxy) is 1. The van der Waals surface area contributed by atoms with Crippen LogP contribution in [0, 0.1) is 0 Å². The van der Waals surface area contributed by atoms with Crippen molar-refractivity contribution in [1.82, 2.24) is 5.32 Å². The lowest BCUT2D eigenvalue weighted by Crippen LogP contribution is -2.57. The molecule has 0 saturated carbocycles. The number of carbonyl (C=O) groups is 3. The van der Waals surface area contributed by atoms with E-state index in [9.17, 15) is 24.6 Å². The van der Waals surface area contributed by atoms with Crippen molar-refractivity contribution in [1.29, 1.82) is 0 Å². The lowest BCUT2D eigenvalue weighted by Gasteiger charge is -2.47. The Morgan fingerprint density at radius 3 is 2.61 bits per heavy atom. The Balaban J connectivity index is 1.50. The van der Waals surface area contributed by atoms with Crippen LogP contribution in [0.15, 0.2) is 65.4 Å². The number of aromatic hydroxyl groups is 1. The van der Waals surface area contributed by atoms with Crippen molar-refractivity contribution < 1.29 is 34.4 Å². The largest absolute Gasteiger partial charge is 0.507 e. The minimum atomic E-state index is -1.17. The predicted molar refractivity (Wildman–Crippen MR) is 136 cm³/mol. The number of benzene rings is 2. The zero-order valence-corrected chi connectivity index (χ0v) is 20.6. The maximum Gasteiger partial charge on any atom is 0.322 e. The van der Waals surface area contributed by atoms with E-state index in [1.54, 1.807) is 17.0 Å².